The zero-order valence-electron chi connectivity index (χ0n) is 14.0. The Morgan fingerprint density at radius 1 is 1.24 bits per heavy atom. The lowest BCUT2D eigenvalue weighted by molar-refractivity contribution is -0.136. The highest BCUT2D eigenvalue weighted by molar-refractivity contribution is 9.10. The van der Waals surface area contributed by atoms with Gasteiger partial charge in [-0.05, 0) is 48.4 Å². The first kappa shape index (κ1) is 19.3. The second kappa shape index (κ2) is 7.45. The van der Waals surface area contributed by atoms with Crippen molar-refractivity contribution in [2.45, 2.75) is 18.2 Å². The van der Waals surface area contributed by atoms with E-state index in [0.717, 1.165) is 14.3 Å². The molecule has 0 heterocycles. The minimum absolute atomic E-state index is 0.0708. The zero-order valence-corrected chi connectivity index (χ0v) is 16.4. The molecule has 1 N–H and O–H groups in total. The lowest BCUT2D eigenvalue weighted by Crippen LogP contribution is -2.27. The van der Waals surface area contributed by atoms with Crippen LogP contribution < -0.4 is 9.04 Å². The molecule has 0 atom stereocenters. The molecular formula is C17H18BrNO5S. The number of aryl methyl sites for hydroxylation is 1. The monoisotopic (exact) mass is 427 g/mol. The third-order valence-corrected chi connectivity index (χ3v) is 6.01. The lowest BCUT2D eigenvalue weighted by atomic mass is 10.1. The number of halogens is 1. The molecule has 0 saturated carbocycles. The van der Waals surface area contributed by atoms with E-state index in [-0.39, 0.29) is 17.1 Å². The van der Waals surface area contributed by atoms with E-state index < -0.39 is 16.0 Å². The molecule has 134 valence electrons. The first-order chi connectivity index (χ1) is 11.7. The minimum Gasteiger partial charge on any atom is -0.495 e. The van der Waals surface area contributed by atoms with Crippen LogP contribution in [-0.2, 0) is 21.2 Å². The highest BCUT2D eigenvalue weighted by Gasteiger charge is 2.27. The van der Waals surface area contributed by atoms with Gasteiger partial charge in [-0.25, -0.2) is 8.42 Å². The van der Waals surface area contributed by atoms with Gasteiger partial charge in [-0.2, -0.15) is 0 Å². The average molecular weight is 428 g/mol. The van der Waals surface area contributed by atoms with Gasteiger partial charge >= 0.3 is 5.97 Å². The molecule has 25 heavy (non-hydrogen) atoms. The van der Waals surface area contributed by atoms with Crippen LogP contribution in [0.5, 0.6) is 5.75 Å². The van der Waals surface area contributed by atoms with Gasteiger partial charge in [-0.15, -0.1) is 0 Å². The maximum absolute atomic E-state index is 13.1. The Morgan fingerprint density at radius 3 is 2.48 bits per heavy atom. The van der Waals surface area contributed by atoms with Crippen LogP contribution in [0.3, 0.4) is 0 Å². The van der Waals surface area contributed by atoms with Gasteiger partial charge in [-0.1, -0.05) is 22.0 Å². The Hall–Kier alpha value is -2.06. The van der Waals surface area contributed by atoms with Crippen LogP contribution in [-0.4, -0.2) is 33.7 Å². The summed E-state index contributed by atoms with van der Waals surface area (Å²) >= 11 is 3.35. The van der Waals surface area contributed by atoms with Crippen LogP contribution >= 0.6 is 15.9 Å². The van der Waals surface area contributed by atoms with Crippen LogP contribution in [0, 0.1) is 6.92 Å². The van der Waals surface area contributed by atoms with Crippen molar-refractivity contribution in [3.63, 3.8) is 0 Å². The van der Waals surface area contributed by atoms with Crippen LogP contribution in [0.2, 0.25) is 0 Å². The van der Waals surface area contributed by atoms with E-state index in [1.165, 1.54) is 32.4 Å². The third kappa shape index (κ3) is 4.13. The summed E-state index contributed by atoms with van der Waals surface area (Å²) < 4.78 is 33.3. The molecule has 6 nitrogen and oxygen atoms in total. The number of aliphatic carboxylic acids is 1. The Morgan fingerprint density at radius 2 is 1.92 bits per heavy atom. The fraction of sp³-hybridized carbons (Fsp3) is 0.235. The number of nitrogens with zero attached hydrogens (tertiary/aromatic N) is 1. The van der Waals surface area contributed by atoms with Crippen molar-refractivity contribution in [2.75, 3.05) is 18.5 Å². The van der Waals surface area contributed by atoms with Crippen molar-refractivity contribution in [2.24, 2.45) is 0 Å². The fourth-order valence-electron chi connectivity index (χ4n) is 2.46. The van der Waals surface area contributed by atoms with E-state index in [9.17, 15) is 13.2 Å². The van der Waals surface area contributed by atoms with Gasteiger partial charge in [0.25, 0.3) is 10.0 Å². The summed E-state index contributed by atoms with van der Waals surface area (Å²) in [6.07, 6.45) is -0.270. The van der Waals surface area contributed by atoms with Gasteiger partial charge in [-0.3, -0.25) is 9.10 Å². The van der Waals surface area contributed by atoms with Crippen molar-refractivity contribution < 1.29 is 23.1 Å². The Balaban J connectivity index is 2.55. The second-order valence-corrected chi connectivity index (χ2v) is 8.31. The number of methoxy groups -OCH3 is 1. The topological polar surface area (TPSA) is 83.9 Å². The summed E-state index contributed by atoms with van der Waals surface area (Å²) in [7, 11) is -1.10. The fourth-order valence-corrected chi connectivity index (χ4v) is 4.40. The number of anilines is 1. The molecule has 0 aliphatic heterocycles. The number of hydrogen-bond acceptors (Lipinski definition) is 4. The third-order valence-electron chi connectivity index (χ3n) is 3.72. The predicted octanol–water partition coefficient (Wildman–Crippen LogP) is 3.22. The molecule has 0 fully saturated rings. The summed E-state index contributed by atoms with van der Waals surface area (Å²) in [5.41, 5.74) is 1.68. The maximum Gasteiger partial charge on any atom is 0.307 e. The van der Waals surface area contributed by atoms with Gasteiger partial charge in [0.05, 0.1) is 19.2 Å². The maximum atomic E-state index is 13.1. The van der Waals surface area contributed by atoms with Gasteiger partial charge in [0.2, 0.25) is 0 Å². The number of carboxylic acid groups (broad SMARTS) is 1. The molecule has 0 amide bonds. The number of carboxylic acids is 1. The van der Waals surface area contributed by atoms with Crippen molar-refractivity contribution in [3.8, 4) is 5.75 Å². The molecule has 0 aliphatic rings. The molecule has 0 aliphatic carbocycles. The second-order valence-electron chi connectivity index (χ2n) is 5.46. The van der Waals surface area contributed by atoms with Gasteiger partial charge in [0.15, 0.2) is 0 Å². The molecule has 8 heteroatoms. The van der Waals surface area contributed by atoms with Crippen molar-refractivity contribution in [3.05, 3.63) is 52.0 Å². The molecule has 0 aromatic heterocycles. The smallest absolute Gasteiger partial charge is 0.307 e. The van der Waals surface area contributed by atoms with E-state index in [0.29, 0.717) is 11.3 Å². The zero-order chi connectivity index (χ0) is 18.8. The molecule has 2 aromatic carbocycles. The molecule has 0 spiro atoms. The van der Waals surface area contributed by atoms with Crippen LogP contribution in [0.1, 0.15) is 11.1 Å². The molecule has 2 rings (SSSR count). The lowest BCUT2D eigenvalue weighted by Gasteiger charge is -2.23. The first-order valence-corrected chi connectivity index (χ1v) is 9.54. The van der Waals surface area contributed by atoms with Crippen LogP contribution in [0.4, 0.5) is 5.69 Å². The number of hydrogen-bond donors (Lipinski definition) is 1. The minimum atomic E-state index is -3.93. The number of benzene rings is 2. The number of ether oxygens (including phenoxy) is 1. The Kier molecular flexibility index (Phi) is 5.74. The SMILES string of the molecule is COc1ccc(CC(=O)O)cc1S(=O)(=O)N(C)c1ccc(Br)cc1C. The summed E-state index contributed by atoms with van der Waals surface area (Å²) in [4.78, 5) is 10.8. The Bertz CT molecular complexity index is 911. The van der Waals surface area contributed by atoms with Crippen LogP contribution in [0.25, 0.3) is 0 Å². The standard InChI is InChI=1S/C17H18BrNO5S/c1-11-8-13(18)5-6-14(11)19(2)25(22,23)16-9-12(10-17(20)21)4-7-15(16)24-3/h4-9H,10H2,1-3H3,(H,20,21). The average Bonchev–Trinajstić information content (AvgIpc) is 2.53. The summed E-state index contributed by atoms with van der Waals surface area (Å²) in [6.45, 7) is 1.81. The van der Waals surface area contributed by atoms with Crippen molar-refractivity contribution >= 4 is 37.6 Å². The summed E-state index contributed by atoms with van der Waals surface area (Å²) in [5.74, 6) is -0.874. The van der Waals surface area contributed by atoms with Gasteiger partial charge in [0.1, 0.15) is 10.6 Å². The molecular weight excluding hydrogens is 410 g/mol. The number of sulfonamides is 1. The highest BCUT2D eigenvalue weighted by atomic mass is 79.9. The van der Waals surface area contributed by atoms with E-state index >= 15 is 0 Å². The van der Waals surface area contributed by atoms with Crippen molar-refractivity contribution in [1.29, 1.82) is 0 Å². The molecule has 0 radical (unpaired) electrons. The van der Waals surface area contributed by atoms with E-state index in [1.54, 1.807) is 12.1 Å². The van der Waals surface area contributed by atoms with Crippen LogP contribution in [0.15, 0.2) is 45.8 Å². The number of carbonyl (C=O) groups is 1. The first-order valence-electron chi connectivity index (χ1n) is 7.30. The molecule has 0 unspecified atom stereocenters. The van der Waals surface area contributed by atoms with E-state index in [1.807, 2.05) is 13.0 Å². The molecule has 2 aromatic rings. The van der Waals surface area contributed by atoms with E-state index in [2.05, 4.69) is 15.9 Å². The van der Waals surface area contributed by atoms with Gasteiger partial charge in [0, 0.05) is 11.5 Å². The summed E-state index contributed by atoms with van der Waals surface area (Å²) in [5, 5.41) is 8.94. The Labute approximate surface area is 155 Å². The largest absolute Gasteiger partial charge is 0.495 e. The summed E-state index contributed by atoms with van der Waals surface area (Å²) in [6, 6.07) is 9.62. The highest BCUT2D eigenvalue weighted by Crippen LogP contribution is 2.32. The quantitative estimate of drug-likeness (QED) is 0.764. The predicted molar refractivity (Wildman–Crippen MR) is 98.8 cm³/mol. The van der Waals surface area contributed by atoms with E-state index in [4.69, 9.17) is 9.84 Å². The molecule has 0 bridgehead atoms. The molecule has 0 saturated heterocycles. The van der Waals surface area contributed by atoms with Gasteiger partial charge < -0.3 is 9.84 Å². The van der Waals surface area contributed by atoms with Crippen molar-refractivity contribution in [1.82, 2.24) is 0 Å². The normalized spacial score (nSPS) is 11.2. The number of rotatable bonds is 6.